The Morgan fingerprint density at radius 2 is 1.93 bits per heavy atom. The molecular weight excluding hydrogens is 356 g/mol. The van der Waals surface area contributed by atoms with Gasteiger partial charge in [-0.05, 0) is 37.1 Å². The van der Waals surface area contributed by atoms with Crippen LogP contribution in [0.3, 0.4) is 0 Å². The third-order valence-electron chi connectivity index (χ3n) is 5.22. The number of pyridine rings is 1. The van der Waals surface area contributed by atoms with Crippen LogP contribution in [0.4, 0.5) is 6.01 Å². The van der Waals surface area contributed by atoms with Gasteiger partial charge in [-0.1, -0.05) is 18.2 Å². The molecule has 0 atom stereocenters. The molecule has 142 valence electrons. The minimum atomic E-state index is -0.0141. The molecule has 5 rings (SSSR count). The quantitative estimate of drug-likeness (QED) is 0.588. The van der Waals surface area contributed by atoms with E-state index in [0.717, 1.165) is 48.5 Å². The summed E-state index contributed by atoms with van der Waals surface area (Å²) in [6.45, 7) is 1.87. The lowest BCUT2D eigenvalue weighted by Crippen LogP contribution is -2.40. The Bertz CT molecular complexity index is 1090. The molecule has 1 saturated heterocycles. The van der Waals surface area contributed by atoms with Crippen molar-refractivity contribution in [2.45, 2.75) is 19.4 Å². The second kappa shape index (κ2) is 6.95. The van der Waals surface area contributed by atoms with E-state index >= 15 is 0 Å². The number of hydrogen-bond acceptors (Lipinski definition) is 6. The number of anilines is 1. The van der Waals surface area contributed by atoms with Gasteiger partial charge >= 0.3 is 0 Å². The Kier molecular flexibility index (Phi) is 4.16. The van der Waals surface area contributed by atoms with Crippen LogP contribution >= 0.6 is 0 Å². The number of nitrogens with zero attached hydrogens (tertiary/aromatic N) is 5. The van der Waals surface area contributed by atoms with E-state index in [-0.39, 0.29) is 11.8 Å². The lowest BCUT2D eigenvalue weighted by Gasteiger charge is -2.30. The second-order valence-corrected chi connectivity index (χ2v) is 6.99. The van der Waals surface area contributed by atoms with Crippen LogP contribution in [0, 0.1) is 5.92 Å². The van der Waals surface area contributed by atoms with Crippen LogP contribution < -0.4 is 10.2 Å². The fraction of sp³-hybridized carbons (Fsp3) is 0.300. The smallest absolute Gasteiger partial charge is 0.298 e. The predicted octanol–water partition coefficient (Wildman–Crippen LogP) is 2.40. The summed E-state index contributed by atoms with van der Waals surface area (Å²) >= 11 is 0. The molecular formula is C20H20N6O2. The van der Waals surface area contributed by atoms with Crippen LogP contribution in [0.25, 0.3) is 16.7 Å². The van der Waals surface area contributed by atoms with Gasteiger partial charge in [-0.2, -0.15) is 4.98 Å². The molecule has 0 aliphatic carbocycles. The van der Waals surface area contributed by atoms with E-state index in [9.17, 15) is 4.79 Å². The SMILES string of the molecule is O=C(NCc1nnc2ccccn12)C1CCN(c2nc3ccccc3o2)CC1. The zero-order chi connectivity index (χ0) is 18.9. The van der Waals surface area contributed by atoms with Crippen molar-refractivity contribution in [1.82, 2.24) is 24.9 Å². The van der Waals surface area contributed by atoms with Gasteiger partial charge in [0.15, 0.2) is 17.1 Å². The zero-order valence-corrected chi connectivity index (χ0v) is 15.3. The summed E-state index contributed by atoms with van der Waals surface area (Å²) in [5.74, 6) is 0.776. The zero-order valence-electron chi connectivity index (χ0n) is 15.3. The number of nitrogens with one attached hydrogen (secondary N) is 1. The minimum Gasteiger partial charge on any atom is -0.423 e. The molecule has 4 heterocycles. The molecule has 0 radical (unpaired) electrons. The summed E-state index contributed by atoms with van der Waals surface area (Å²) in [7, 11) is 0. The molecule has 0 bridgehead atoms. The van der Waals surface area contributed by atoms with E-state index < -0.39 is 0 Å². The van der Waals surface area contributed by atoms with Gasteiger partial charge in [0.2, 0.25) is 5.91 Å². The molecule has 1 aromatic carbocycles. The van der Waals surface area contributed by atoms with Crippen LogP contribution in [0.2, 0.25) is 0 Å². The van der Waals surface area contributed by atoms with Gasteiger partial charge in [-0.15, -0.1) is 10.2 Å². The van der Waals surface area contributed by atoms with Crippen LogP contribution in [-0.2, 0) is 11.3 Å². The normalized spacial score (nSPS) is 15.4. The van der Waals surface area contributed by atoms with Gasteiger partial charge in [0.1, 0.15) is 5.52 Å². The molecule has 1 aliphatic rings. The monoisotopic (exact) mass is 376 g/mol. The molecule has 0 unspecified atom stereocenters. The van der Waals surface area contributed by atoms with Gasteiger partial charge < -0.3 is 14.6 Å². The fourth-order valence-corrected chi connectivity index (χ4v) is 3.65. The highest BCUT2D eigenvalue weighted by atomic mass is 16.4. The number of rotatable bonds is 4. The van der Waals surface area contributed by atoms with E-state index in [1.165, 1.54) is 0 Å². The van der Waals surface area contributed by atoms with Crippen molar-refractivity contribution in [3.8, 4) is 0 Å². The fourth-order valence-electron chi connectivity index (χ4n) is 3.65. The molecule has 1 aliphatic heterocycles. The summed E-state index contributed by atoms with van der Waals surface area (Å²) in [6, 6.07) is 14.1. The van der Waals surface area contributed by atoms with E-state index in [4.69, 9.17) is 4.42 Å². The van der Waals surface area contributed by atoms with E-state index in [1.54, 1.807) is 0 Å². The Balaban J connectivity index is 1.19. The molecule has 28 heavy (non-hydrogen) atoms. The largest absolute Gasteiger partial charge is 0.423 e. The van der Waals surface area contributed by atoms with Crippen molar-refractivity contribution in [1.29, 1.82) is 0 Å². The molecule has 8 heteroatoms. The van der Waals surface area contributed by atoms with Crippen molar-refractivity contribution < 1.29 is 9.21 Å². The lowest BCUT2D eigenvalue weighted by atomic mass is 9.96. The minimum absolute atomic E-state index is 0.0141. The molecule has 8 nitrogen and oxygen atoms in total. The van der Waals surface area contributed by atoms with E-state index in [2.05, 4.69) is 25.4 Å². The van der Waals surface area contributed by atoms with Gasteiger partial charge in [0.25, 0.3) is 6.01 Å². The van der Waals surface area contributed by atoms with E-state index in [0.29, 0.717) is 12.6 Å². The predicted molar refractivity (Wildman–Crippen MR) is 104 cm³/mol. The topological polar surface area (TPSA) is 88.6 Å². The first-order chi connectivity index (χ1) is 13.8. The molecule has 4 aromatic rings. The van der Waals surface area contributed by atoms with Crippen molar-refractivity contribution >= 4 is 28.7 Å². The number of hydrogen-bond donors (Lipinski definition) is 1. The number of para-hydroxylation sites is 2. The maximum atomic E-state index is 12.6. The Morgan fingerprint density at radius 3 is 2.79 bits per heavy atom. The number of carbonyl (C=O) groups excluding carboxylic acids is 1. The van der Waals surface area contributed by atoms with Crippen molar-refractivity contribution in [3.05, 3.63) is 54.5 Å². The summed E-state index contributed by atoms with van der Waals surface area (Å²) in [5.41, 5.74) is 2.43. The van der Waals surface area contributed by atoms with Gasteiger partial charge in [-0.25, -0.2) is 0 Å². The number of oxazole rings is 1. The Morgan fingerprint density at radius 1 is 1.11 bits per heavy atom. The first-order valence-electron chi connectivity index (χ1n) is 9.45. The standard InChI is InChI=1S/C20H20N6O2/c27-19(21-13-18-24-23-17-7-3-4-10-26(17)18)14-8-11-25(12-9-14)20-22-15-5-1-2-6-16(15)28-20/h1-7,10,14H,8-9,11-13H2,(H,21,27). The average Bonchev–Trinajstić information content (AvgIpc) is 3.36. The molecule has 1 N–H and O–H groups in total. The number of benzene rings is 1. The maximum absolute atomic E-state index is 12.6. The highest BCUT2D eigenvalue weighted by Gasteiger charge is 2.27. The highest BCUT2D eigenvalue weighted by molar-refractivity contribution is 5.79. The van der Waals surface area contributed by atoms with Crippen LogP contribution in [0.5, 0.6) is 0 Å². The van der Waals surface area contributed by atoms with Crippen molar-refractivity contribution in [2.75, 3.05) is 18.0 Å². The Hall–Kier alpha value is -3.42. The Labute approximate surface area is 161 Å². The van der Waals surface area contributed by atoms with Gasteiger partial charge in [0, 0.05) is 25.2 Å². The van der Waals surface area contributed by atoms with Gasteiger partial charge in [-0.3, -0.25) is 9.20 Å². The van der Waals surface area contributed by atoms with Crippen LogP contribution in [0.15, 0.2) is 53.1 Å². The average molecular weight is 376 g/mol. The molecule has 0 saturated carbocycles. The summed E-state index contributed by atoms with van der Waals surface area (Å²) in [6.07, 6.45) is 3.44. The number of aromatic nitrogens is 4. The second-order valence-electron chi connectivity index (χ2n) is 6.99. The molecule has 1 amide bonds. The lowest BCUT2D eigenvalue weighted by molar-refractivity contribution is -0.125. The summed E-state index contributed by atoms with van der Waals surface area (Å²) in [5, 5.41) is 11.3. The molecule has 3 aromatic heterocycles. The molecule has 1 fully saturated rings. The number of fused-ring (bicyclic) bond motifs is 2. The van der Waals surface area contributed by atoms with Crippen molar-refractivity contribution in [2.24, 2.45) is 5.92 Å². The number of piperidine rings is 1. The van der Waals surface area contributed by atoms with Crippen LogP contribution in [-0.4, -0.2) is 38.6 Å². The molecule has 0 spiro atoms. The van der Waals surface area contributed by atoms with Crippen LogP contribution in [0.1, 0.15) is 18.7 Å². The first-order valence-corrected chi connectivity index (χ1v) is 9.45. The highest BCUT2D eigenvalue weighted by Crippen LogP contribution is 2.26. The summed E-state index contributed by atoms with van der Waals surface area (Å²) in [4.78, 5) is 19.2. The van der Waals surface area contributed by atoms with E-state index in [1.807, 2.05) is 53.1 Å². The van der Waals surface area contributed by atoms with Crippen molar-refractivity contribution in [3.63, 3.8) is 0 Å². The maximum Gasteiger partial charge on any atom is 0.298 e. The third kappa shape index (κ3) is 3.06. The third-order valence-corrected chi connectivity index (χ3v) is 5.22. The summed E-state index contributed by atoms with van der Waals surface area (Å²) < 4.78 is 7.72. The first kappa shape index (κ1) is 16.7. The van der Waals surface area contributed by atoms with Gasteiger partial charge in [0.05, 0.1) is 6.54 Å². The number of amides is 1. The number of carbonyl (C=O) groups is 1.